The summed E-state index contributed by atoms with van der Waals surface area (Å²) in [4.78, 5) is 7.57. The highest BCUT2D eigenvalue weighted by molar-refractivity contribution is 6.14. The third kappa shape index (κ3) is 4.08. The second-order valence-electron chi connectivity index (χ2n) is 16.0. The molecule has 264 valence electrons. The monoisotopic (exact) mass is 716 g/mol. The Morgan fingerprint density at radius 3 is 1.18 bits per heavy atom. The van der Waals surface area contributed by atoms with E-state index in [1.807, 2.05) is 0 Å². The van der Waals surface area contributed by atoms with Crippen molar-refractivity contribution in [1.82, 2.24) is 19.1 Å². The van der Waals surface area contributed by atoms with Gasteiger partial charge in [0.15, 0.2) is 0 Å². The molecule has 0 radical (unpaired) electrons. The molecule has 4 heterocycles. The second-order valence-corrected chi connectivity index (χ2v) is 16.0. The van der Waals surface area contributed by atoms with Crippen molar-refractivity contribution in [2.24, 2.45) is 14.1 Å². The van der Waals surface area contributed by atoms with Gasteiger partial charge < -0.3 is 19.1 Å². The normalized spacial score (nSPS) is 13.0. The van der Waals surface area contributed by atoms with E-state index >= 15 is 0 Å². The lowest BCUT2D eigenvalue weighted by atomic mass is 9.84. The predicted octanol–water partition coefficient (Wildman–Crippen LogP) is 13.3. The summed E-state index contributed by atoms with van der Waals surface area (Å²) in [6.07, 6.45) is 2.07. The molecule has 1 aliphatic carbocycles. The smallest absolute Gasteiger partial charge is 0.0489 e. The van der Waals surface area contributed by atoms with Gasteiger partial charge in [-0.2, -0.15) is 0 Å². The molecule has 56 heavy (non-hydrogen) atoms. The van der Waals surface area contributed by atoms with E-state index in [0.29, 0.717) is 0 Å². The number of hydrogen-bond donors (Lipinski definition) is 2. The molecule has 0 saturated heterocycles. The number of aryl methyl sites for hydroxylation is 4. The van der Waals surface area contributed by atoms with Gasteiger partial charge in [0.25, 0.3) is 0 Å². The van der Waals surface area contributed by atoms with Gasteiger partial charge in [0, 0.05) is 101 Å². The molecular formula is C52H36N4. The number of aromatic amines is 2. The lowest BCUT2D eigenvalue weighted by molar-refractivity contribution is 0.946. The Hall–Kier alpha value is -7.04. The maximum absolute atomic E-state index is 3.78. The minimum Gasteiger partial charge on any atom is -0.354 e. The van der Waals surface area contributed by atoms with Gasteiger partial charge in [0.2, 0.25) is 0 Å². The quantitative estimate of drug-likeness (QED) is 0.179. The molecule has 4 nitrogen and oxygen atoms in total. The minimum atomic E-state index is 1.03. The van der Waals surface area contributed by atoms with Gasteiger partial charge in [-0.15, -0.1) is 0 Å². The third-order valence-corrected chi connectivity index (χ3v) is 13.1. The summed E-state index contributed by atoms with van der Waals surface area (Å²) in [7, 11) is 4.32. The Kier molecular flexibility index (Phi) is 5.84. The summed E-state index contributed by atoms with van der Waals surface area (Å²) < 4.78 is 4.60. The van der Waals surface area contributed by atoms with Crippen LogP contribution in [0.5, 0.6) is 0 Å². The van der Waals surface area contributed by atoms with Crippen LogP contribution in [0.2, 0.25) is 0 Å². The molecule has 4 aromatic heterocycles. The summed E-state index contributed by atoms with van der Waals surface area (Å²) in [5.74, 6) is 0. The van der Waals surface area contributed by atoms with Gasteiger partial charge in [0.05, 0.1) is 0 Å². The van der Waals surface area contributed by atoms with E-state index in [1.54, 1.807) is 0 Å². The molecule has 13 rings (SSSR count). The first-order valence-electron chi connectivity index (χ1n) is 19.7. The van der Waals surface area contributed by atoms with E-state index in [-0.39, 0.29) is 0 Å². The van der Waals surface area contributed by atoms with E-state index in [4.69, 9.17) is 0 Å². The largest absolute Gasteiger partial charge is 0.354 e. The maximum Gasteiger partial charge on any atom is 0.0489 e. The zero-order chi connectivity index (χ0) is 36.8. The first-order chi connectivity index (χ1) is 27.5. The van der Waals surface area contributed by atoms with Crippen molar-refractivity contribution in [3.05, 3.63) is 157 Å². The highest BCUT2D eigenvalue weighted by atomic mass is 14.9. The molecule has 1 aliphatic rings. The number of nitrogens with one attached hydrogen (secondary N) is 2. The van der Waals surface area contributed by atoms with E-state index in [1.165, 1.54) is 132 Å². The topological polar surface area (TPSA) is 41.4 Å². The summed E-state index contributed by atoms with van der Waals surface area (Å²) in [5.41, 5.74) is 20.3. The number of aromatic nitrogens is 4. The van der Waals surface area contributed by atoms with E-state index in [0.717, 1.165) is 12.8 Å². The van der Waals surface area contributed by atoms with Gasteiger partial charge in [-0.25, -0.2) is 0 Å². The zero-order valence-electron chi connectivity index (χ0n) is 31.2. The molecule has 0 fully saturated rings. The van der Waals surface area contributed by atoms with E-state index < -0.39 is 0 Å². The van der Waals surface area contributed by atoms with Crippen molar-refractivity contribution < 1.29 is 0 Å². The summed E-state index contributed by atoms with van der Waals surface area (Å²) >= 11 is 0. The van der Waals surface area contributed by atoms with Crippen LogP contribution in [-0.4, -0.2) is 19.1 Å². The number of benzene rings is 8. The fourth-order valence-electron chi connectivity index (χ4n) is 10.2. The van der Waals surface area contributed by atoms with Crippen LogP contribution in [0, 0.1) is 0 Å². The van der Waals surface area contributed by atoms with Crippen molar-refractivity contribution in [1.29, 1.82) is 0 Å². The van der Waals surface area contributed by atoms with Crippen LogP contribution >= 0.6 is 0 Å². The molecule has 0 aliphatic heterocycles. The third-order valence-electron chi connectivity index (χ3n) is 13.1. The first-order valence-corrected chi connectivity index (χ1v) is 19.7. The highest BCUT2D eigenvalue weighted by Gasteiger charge is 2.21. The Morgan fingerprint density at radius 1 is 0.339 bits per heavy atom. The van der Waals surface area contributed by atoms with Crippen LogP contribution in [0.4, 0.5) is 0 Å². The fraction of sp³-hybridized carbons (Fsp3) is 0.0769. The maximum atomic E-state index is 3.78. The summed E-state index contributed by atoms with van der Waals surface area (Å²) in [6.45, 7) is 0. The van der Waals surface area contributed by atoms with Crippen LogP contribution in [0.1, 0.15) is 11.1 Å². The molecule has 0 unspecified atom stereocenters. The SMILES string of the molecule is Cn1c2ccccc2c2cc(-c3ccc4[nH]c5cc6c(cc5c4c3)CCc3cc4c(cc3-6)[nH]c3ccc(-c5ccc6c(c5)c5ccccc5n6C)cc34)ccc21. The Balaban J connectivity index is 0.900. The molecule has 0 atom stereocenters. The highest BCUT2D eigenvalue weighted by Crippen LogP contribution is 2.43. The van der Waals surface area contributed by atoms with Gasteiger partial charge in [-0.05, 0) is 142 Å². The molecule has 0 bridgehead atoms. The van der Waals surface area contributed by atoms with Crippen molar-refractivity contribution in [2.45, 2.75) is 12.8 Å². The van der Waals surface area contributed by atoms with Crippen LogP contribution in [0.15, 0.2) is 146 Å². The Labute approximate surface area is 322 Å². The average Bonchev–Trinajstić information content (AvgIpc) is 3.96. The van der Waals surface area contributed by atoms with Gasteiger partial charge in [-0.3, -0.25) is 0 Å². The number of hydrogen-bond acceptors (Lipinski definition) is 0. The van der Waals surface area contributed by atoms with Crippen LogP contribution in [0.3, 0.4) is 0 Å². The molecular weight excluding hydrogens is 681 g/mol. The van der Waals surface area contributed by atoms with Crippen LogP contribution < -0.4 is 0 Å². The first kappa shape index (κ1) is 30.3. The number of nitrogens with zero attached hydrogens (tertiary/aromatic N) is 2. The molecule has 8 aromatic carbocycles. The van der Waals surface area contributed by atoms with E-state index in [2.05, 4.69) is 179 Å². The molecule has 0 spiro atoms. The van der Waals surface area contributed by atoms with Crippen molar-refractivity contribution in [3.63, 3.8) is 0 Å². The minimum absolute atomic E-state index is 1.03. The van der Waals surface area contributed by atoms with Crippen molar-refractivity contribution in [3.8, 4) is 33.4 Å². The van der Waals surface area contributed by atoms with Gasteiger partial charge >= 0.3 is 0 Å². The van der Waals surface area contributed by atoms with Crippen molar-refractivity contribution in [2.75, 3.05) is 0 Å². The Bertz CT molecular complexity index is 3430. The summed E-state index contributed by atoms with van der Waals surface area (Å²) in [5, 5.41) is 10.4. The Morgan fingerprint density at radius 2 is 0.714 bits per heavy atom. The zero-order valence-corrected chi connectivity index (χ0v) is 31.2. The molecule has 12 aromatic rings. The molecule has 0 saturated carbocycles. The fourth-order valence-corrected chi connectivity index (χ4v) is 10.2. The van der Waals surface area contributed by atoms with Crippen LogP contribution in [-0.2, 0) is 26.9 Å². The second kappa shape index (κ2) is 10.8. The predicted molar refractivity (Wildman–Crippen MR) is 237 cm³/mol. The number of para-hydroxylation sites is 2. The van der Waals surface area contributed by atoms with Crippen LogP contribution in [0.25, 0.3) is 121 Å². The number of rotatable bonds is 2. The van der Waals surface area contributed by atoms with Crippen molar-refractivity contribution >= 4 is 87.2 Å². The van der Waals surface area contributed by atoms with Gasteiger partial charge in [0.1, 0.15) is 0 Å². The molecule has 0 amide bonds. The van der Waals surface area contributed by atoms with E-state index in [9.17, 15) is 0 Å². The molecule has 2 N–H and O–H groups in total. The average molecular weight is 717 g/mol. The molecule has 4 heteroatoms. The lowest BCUT2D eigenvalue weighted by Crippen LogP contribution is -2.04. The summed E-state index contributed by atoms with van der Waals surface area (Å²) in [6, 6.07) is 54.7. The standard InChI is InChI=1S/C52H36N4/c1-55-49-9-5-3-7-35(49)43-23-31(15-19-51(43)55)29-13-17-45-39(21-29)41-25-33-11-12-34-26-42-40-22-30(14-18-46(40)54-48(42)28-38(34)37(33)27-47(41)53-45)32-16-20-52-44(24-32)36-8-4-6-10-50(36)56(52)2/h3-10,13-28,53-54H,11-12H2,1-2H3. The lowest BCUT2D eigenvalue weighted by Gasteiger charge is -2.20. The van der Waals surface area contributed by atoms with Gasteiger partial charge in [-0.1, -0.05) is 60.7 Å². The number of fused-ring (bicyclic) bond motifs is 15. The number of H-pyrrole nitrogens is 2.